The summed E-state index contributed by atoms with van der Waals surface area (Å²) in [7, 11) is 0. The van der Waals surface area contributed by atoms with Crippen molar-refractivity contribution in [3.05, 3.63) is 75.4 Å². The average Bonchev–Trinajstić information content (AvgIpc) is 3.07. The highest BCUT2D eigenvalue weighted by molar-refractivity contribution is 9.10. The zero-order valence-corrected chi connectivity index (χ0v) is 16.0. The van der Waals surface area contributed by atoms with Gasteiger partial charge in [0, 0.05) is 22.3 Å². The molecule has 2 aromatic carbocycles. The Morgan fingerprint density at radius 3 is 2.65 bits per heavy atom. The lowest BCUT2D eigenvalue weighted by Gasteiger charge is -2.20. The van der Waals surface area contributed by atoms with E-state index in [0.29, 0.717) is 11.5 Å². The molecule has 5 nitrogen and oxygen atoms in total. The van der Waals surface area contributed by atoms with Gasteiger partial charge in [-0.05, 0) is 36.4 Å². The van der Waals surface area contributed by atoms with Crippen molar-refractivity contribution in [3.8, 4) is 0 Å². The van der Waals surface area contributed by atoms with E-state index in [4.69, 9.17) is 16.3 Å². The smallest absolute Gasteiger partial charge is 0.243 e. The van der Waals surface area contributed by atoms with E-state index in [-0.39, 0.29) is 11.1 Å². The Morgan fingerprint density at radius 1 is 1.19 bits per heavy atom. The maximum atomic E-state index is 12.1. The van der Waals surface area contributed by atoms with Crippen molar-refractivity contribution >= 4 is 50.2 Å². The van der Waals surface area contributed by atoms with Crippen LogP contribution in [0.25, 0.3) is 10.9 Å². The summed E-state index contributed by atoms with van der Waals surface area (Å²) in [5.41, 5.74) is 2.14. The molecule has 0 fully saturated rings. The molecule has 2 heterocycles. The summed E-state index contributed by atoms with van der Waals surface area (Å²) < 4.78 is 6.94. The molecular weight excluding hydrogens is 418 g/mol. The summed E-state index contributed by atoms with van der Waals surface area (Å²) in [5.74, 6) is 0.119. The van der Waals surface area contributed by atoms with Crippen LogP contribution >= 0.6 is 27.5 Å². The molecule has 0 radical (unpaired) electrons. The molecule has 0 spiro atoms. The molecule has 0 unspecified atom stereocenters. The van der Waals surface area contributed by atoms with E-state index in [9.17, 15) is 4.79 Å². The van der Waals surface area contributed by atoms with Gasteiger partial charge in [-0.15, -0.1) is 5.10 Å². The minimum atomic E-state index is -0.754. The standard InChI is InChI=1S/C19H13BrClN3O2/c1-11(25)24-19(26-18(23-24)12-6-8-14(20)9-7-12)15-10-13-4-2-3-5-16(13)22-17(15)21/h2-10,19H,1H3/t19-/m1/s1. The van der Waals surface area contributed by atoms with Crippen LogP contribution in [0.15, 0.2) is 64.2 Å². The molecule has 130 valence electrons. The van der Waals surface area contributed by atoms with E-state index < -0.39 is 6.23 Å². The second-order valence-electron chi connectivity index (χ2n) is 5.81. The number of pyridine rings is 1. The fourth-order valence-corrected chi connectivity index (χ4v) is 3.26. The summed E-state index contributed by atoms with van der Waals surface area (Å²) in [6.07, 6.45) is -0.754. The molecule has 1 atom stereocenters. The number of aromatic nitrogens is 1. The maximum absolute atomic E-state index is 12.1. The molecule has 7 heteroatoms. The highest BCUT2D eigenvalue weighted by Crippen LogP contribution is 2.35. The third-order valence-corrected chi connectivity index (χ3v) is 4.86. The van der Waals surface area contributed by atoms with Crippen molar-refractivity contribution in [2.45, 2.75) is 13.2 Å². The van der Waals surface area contributed by atoms with E-state index in [2.05, 4.69) is 26.0 Å². The molecule has 0 saturated heterocycles. The van der Waals surface area contributed by atoms with Crippen LogP contribution in [0.2, 0.25) is 5.15 Å². The largest absolute Gasteiger partial charge is 0.446 e. The number of nitrogens with zero attached hydrogens (tertiary/aromatic N) is 3. The Balaban J connectivity index is 1.76. The van der Waals surface area contributed by atoms with Gasteiger partial charge in [-0.1, -0.05) is 45.7 Å². The van der Waals surface area contributed by atoms with E-state index in [0.717, 1.165) is 20.9 Å². The van der Waals surface area contributed by atoms with Gasteiger partial charge in [0.2, 0.25) is 18.0 Å². The minimum Gasteiger partial charge on any atom is -0.446 e. The summed E-state index contributed by atoms with van der Waals surface area (Å²) >= 11 is 9.78. The van der Waals surface area contributed by atoms with E-state index in [1.54, 1.807) is 0 Å². The van der Waals surface area contributed by atoms with Gasteiger partial charge in [0.25, 0.3) is 0 Å². The van der Waals surface area contributed by atoms with Crippen LogP contribution in [0.3, 0.4) is 0 Å². The van der Waals surface area contributed by atoms with Crippen molar-refractivity contribution in [1.82, 2.24) is 9.99 Å². The molecule has 1 aromatic heterocycles. The summed E-state index contributed by atoms with van der Waals surface area (Å²) in [6, 6.07) is 17.0. The fourth-order valence-electron chi connectivity index (χ4n) is 2.76. The Morgan fingerprint density at radius 2 is 1.92 bits per heavy atom. The van der Waals surface area contributed by atoms with Crippen LogP contribution in [-0.4, -0.2) is 21.8 Å². The number of ether oxygens (including phenoxy) is 1. The molecule has 0 N–H and O–H groups in total. The number of hydrogen-bond donors (Lipinski definition) is 0. The maximum Gasteiger partial charge on any atom is 0.243 e. The molecule has 0 saturated carbocycles. The number of fused-ring (bicyclic) bond motifs is 1. The summed E-state index contributed by atoms with van der Waals surface area (Å²) in [4.78, 5) is 16.5. The molecule has 26 heavy (non-hydrogen) atoms. The van der Waals surface area contributed by atoms with Crippen molar-refractivity contribution in [1.29, 1.82) is 0 Å². The van der Waals surface area contributed by atoms with Gasteiger partial charge in [0.1, 0.15) is 5.15 Å². The van der Waals surface area contributed by atoms with Crippen molar-refractivity contribution in [2.75, 3.05) is 0 Å². The first kappa shape index (κ1) is 17.0. The average molecular weight is 431 g/mol. The topological polar surface area (TPSA) is 54.8 Å². The number of para-hydroxylation sites is 1. The van der Waals surface area contributed by atoms with E-state index in [1.807, 2.05) is 54.6 Å². The predicted molar refractivity (Wildman–Crippen MR) is 104 cm³/mol. The van der Waals surface area contributed by atoms with Crippen LogP contribution in [-0.2, 0) is 9.53 Å². The van der Waals surface area contributed by atoms with Crippen LogP contribution in [0.5, 0.6) is 0 Å². The van der Waals surface area contributed by atoms with E-state index in [1.165, 1.54) is 11.9 Å². The van der Waals surface area contributed by atoms with Gasteiger partial charge in [-0.25, -0.2) is 4.98 Å². The Hall–Kier alpha value is -2.44. The Bertz CT molecular complexity index is 1040. The second kappa shape index (κ2) is 6.70. The first-order chi connectivity index (χ1) is 12.5. The molecule has 3 aromatic rings. The van der Waals surface area contributed by atoms with Crippen LogP contribution < -0.4 is 0 Å². The van der Waals surface area contributed by atoms with Crippen molar-refractivity contribution in [2.24, 2.45) is 5.10 Å². The molecule has 4 rings (SSSR count). The van der Waals surface area contributed by atoms with Gasteiger partial charge >= 0.3 is 0 Å². The number of carbonyl (C=O) groups is 1. The number of halogens is 2. The zero-order chi connectivity index (χ0) is 18.3. The first-order valence-electron chi connectivity index (χ1n) is 7.89. The third kappa shape index (κ3) is 3.06. The molecule has 1 amide bonds. The molecular formula is C19H13BrClN3O2. The monoisotopic (exact) mass is 429 g/mol. The number of rotatable bonds is 2. The summed E-state index contributed by atoms with van der Waals surface area (Å²) in [5, 5.41) is 6.83. The Kier molecular flexibility index (Phi) is 4.38. The quantitative estimate of drug-likeness (QED) is 0.544. The van der Waals surface area contributed by atoms with Gasteiger partial charge < -0.3 is 4.74 Å². The number of benzene rings is 2. The summed E-state index contributed by atoms with van der Waals surface area (Å²) in [6.45, 7) is 1.44. The molecule has 1 aliphatic heterocycles. The van der Waals surface area contributed by atoms with Gasteiger partial charge in [0.05, 0.1) is 11.1 Å². The fraction of sp³-hybridized carbons (Fsp3) is 0.105. The SMILES string of the molecule is CC(=O)N1N=C(c2ccc(Br)cc2)O[C@@H]1c1cc2ccccc2nc1Cl. The molecule has 0 bridgehead atoms. The number of hydrazone groups is 1. The van der Waals surface area contributed by atoms with E-state index >= 15 is 0 Å². The highest BCUT2D eigenvalue weighted by atomic mass is 79.9. The lowest BCUT2D eigenvalue weighted by Crippen LogP contribution is -2.25. The Labute approximate surface area is 163 Å². The number of amides is 1. The van der Waals surface area contributed by atoms with Gasteiger partial charge in [-0.3, -0.25) is 4.79 Å². The predicted octanol–water partition coefficient (Wildman–Crippen LogP) is 4.89. The van der Waals surface area contributed by atoms with Crippen LogP contribution in [0, 0.1) is 0 Å². The third-order valence-electron chi connectivity index (χ3n) is 4.03. The zero-order valence-electron chi connectivity index (χ0n) is 13.7. The molecule has 1 aliphatic rings. The number of hydrogen-bond acceptors (Lipinski definition) is 4. The first-order valence-corrected chi connectivity index (χ1v) is 9.06. The second-order valence-corrected chi connectivity index (χ2v) is 7.08. The van der Waals surface area contributed by atoms with Gasteiger partial charge in [0.15, 0.2) is 0 Å². The van der Waals surface area contributed by atoms with Gasteiger partial charge in [-0.2, -0.15) is 5.01 Å². The minimum absolute atomic E-state index is 0.244. The van der Waals surface area contributed by atoms with Crippen molar-refractivity contribution in [3.63, 3.8) is 0 Å². The van der Waals surface area contributed by atoms with Crippen LogP contribution in [0.1, 0.15) is 24.3 Å². The number of carbonyl (C=O) groups excluding carboxylic acids is 1. The molecule has 0 aliphatic carbocycles. The highest BCUT2D eigenvalue weighted by Gasteiger charge is 2.35. The lowest BCUT2D eigenvalue weighted by atomic mass is 10.1. The normalized spacial score (nSPS) is 16.5. The van der Waals surface area contributed by atoms with Crippen LogP contribution in [0.4, 0.5) is 0 Å². The van der Waals surface area contributed by atoms with Crippen molar-refractivity contribution < 1.29 is 9.53 Å². The lowest BCUT2D eigenvalue weighted by molar-refractivity contribution is -0.135.